The number of azo groups is 1. The summed E-state index contributed by atoms with van der Waals surface area (Å²) in [6.07, 6.45) is 0. The number of para-hydroxylation sites is 1. The Kier molecular flexibility index (Phi) is 5.82. The van der Waals surface area contributed by atoms with Crippen LogP contribution < -0.4 is 5.73 Å². The van der Waals surface area contributed by atoms with Gasteiger partial charge in [0.05, 0.1) is 16.4 Å². The summed E-state index contributed by atoms with van der Waals surface area (Å²) in [5.41, 5.74) is 9.59. The van der Waals surface area contributed by atoms with E-state index in [1.807, 2.05) is 44.2 Å². The van der Waals surface area contributed by atoms with Gasteiger partial charge in [0, 0.05) is 5.02 Å². The minimum atomic E-state index is 0. The Labute approximate surface area is 157 Å². The molecule has 7 heteroatoms. The maximum atomic E-state index is 6.18. The largest absolute Gasteiger partial charge is 0.382 e. The fraction of sp³-hybridized carbons (Fsp3) is 0.167. The second-order valence-corrected chi connectivity index (χ2v) is 6.13. The van der Waals surface area contributed by atoms with Crippen molar-refractivity contribution in [3.8, 4) is 5.69 Å². The van der Waals surface area contributed by atoms with Gasteiger partial charge in [-0.1, -0.05) is 48.8 Å². The molecule has 0 fully saturated rings. The lowest BCUT2D eigenvalue weighted by Gasteiger charge is -2.03. The molecule has 1 aromatic heterocycles. The lowest BCUT2D eigenvalue weighted by molar-refractivity contribution is 0.872. The summed E-state index contributed by atoms with van der Waals surface area (Å²) in [6, 6.07) is 13.0. The first kappa shape index (κ1) is 19.0. The van der Waals surface area contributed by atoms with Gasteiger partial charge in [-0.2, -0.15) is 5.10 Å². The molecule has 0 amide bonds. The van der Waals surface area contributed by atoms with Crippen LogP contribution in [0.15, 0.2) is 52.7 Å². The molecular formula is C18H19Cl2N5. The van der Waals surface area contributed by atoms with Gasteiger partial charge in [0.2, 0.25) is 0 Å². The number of hydrogen-bond donors (Lipinski definition) is 1. The molecule has 25 heavy (non-hydrogen) atoms. The molecule has 2 aromatic carbocycles. The van der Waals surface area contributed by atoms with E-state index in [9.17, 15) is 0 Å². The van der Waals surface area contributed by atoms with E-state index in [1.165, 1.54) is 0 Å². The molecule has 3 aromatic rings. The number of halogens is 2. The number of anilines is 1. The molecule has 0 atom stereocenters. The summed E-state index contributed by atoms with van der Waals surface area (Å²) < 4.78 is 1.63. The molecule has 1 heterocycles. The van der Waals surface area contributed by atoms with E-state index < -0.39 is 0 Å². The van der Waals surface area contributed by atoms with Gasteiger partial charge in [0.25, 0.3) is 0 Å². The molecule has 0 aliphatic heterocycles. The highest BCUT2D eigenvalue weighted by Crippen LogP contribution is 2.34. The average molecular weight is 376 g/mol. The van der Waals surface area contributed by atoms with Crippen LogP contribution in [-0.2, 0) is 0 Å². The summed E-state index contributed by atoms with van der Waals surface area (Å²) in [7, 11) is 0. The number of nitrogens with two attached hydrogens (primary N) is 1. The Morgan fingerprint density at radius 2 is 1.68 bits per heavy atom. The third-order valence-corrected chi connectivity index (χ3v) is 4.26. The Balaban J connectivity index is 0.00000225. The number of nitrogens with zero attached hydrogens (tertiary/aromatic N) is 4. The van der Waals surface area contributed by atoms with E-state index in [1.54, 1.807) is 16.8 Å². The summed E-state index contributed by atoms with van der Waals surface area (Å²) in [4.78, 5) is 0. The van der Waals surface area contributed by atoms with Gasteiger partial charge >= 0.3 is 0 Å². The van der Waals surface area contributed by atoms with Gasteiger partial charge in [-0.25, -0.2) is 4.68 Å². The van der Waals surface area contributed by atoms with Crippen LogP contribution in [0.5, 0.6) is 0 Å². The smallest absolute Gasteiger partial charge is 0.155 e. The summed E-state index contributed by atoms with van der Waals surface area (Å²) in [5.74, 6) is 0.414. The van der Waals surface area contributed by atoms with Crippen LogP contribution in [0.25, 0.3) is 5.69 Å². The van der Waals surface area contributed by atoms with Gasteiger partial charge < -0.3 is 5.73 Å². The molecule has 0 bridgehead atoms. The minimum absolute atomic E-state index is 0. The van der Waals surface area contributed by atoms with Crippen molar-refractivity contribution in [3.05, 3.63) is 63.8 Å². The molecule has 0 spiro atoms. The van der Waals surface area contributed by atoms with Crippen molar-refractivity contribution in [1.82, 2.24) is 9.78 Å². The zero-order valence-corrected chi connectivity index (χ0v) is 14.7. The van der Waals surface area contributed by atoms with Crippen molar-refractivity contribution in [3.63, 3.8) is 0 Å². The van der Waals surface area contributed by atoms with E-state index in [2.05, 4.69) is 15.3 Å². The predicted octanol–water partition coefficient (Wildman–Crippen LogP) is 6.43. The third kappa shape index (κ3) is 3.83. The Morgan fingerprint density at radius 1 is 1.00 bits per heavy atom. The van der Waals surface area contributed by atoms with Crippen LogP contribution >= 0.6 is 23.2 Å². The first-order valence-electron chi connectivity index (χ1n) is 7.25. The van der Waals surface area contributed by atoms with E-state index in [-0.39, 0.29) is 7.43 Å². The van der Waals surface area contributed by atoms with Crippen molar-refractivity contribution < 1.29 is 0 Å². The molecule has 0 radical (unpaired) electrons. The molecule has 0 unspecified atom stereocenters. The molecule has 0 aliphatic carbocycles. The SMILES string of the molecule is C.Cc1cc(Cl)c(N=Nc2c(C)nn(-c3ccccc3)c2N)cc1Cl. The topological polar surface area (TPSA) is 68.6 Å². The monoisotopic (exact) mass is 375 g/mol. The average Bonchev–Trinajstić information content (AvgIpc) is 2.85. The number of nitrogen functional groups attached to an aromatic ring is 1. The van der Waals surface area contributed by atoms with Gasteiger partial charge in [-0.05, 0) is 43.7 Å². The minimum Gasteiger partial charge on any atom is -0.382 e. The van der Waals surface area contributed by atoms with Gasteiger partial charge in [-0.15, -0.1) is 10.2 Å². The number of aromatic nitrogens is 2. The molecule has 5 nitrogen and oxygen atoms in total. The quantitative estimate of drug-likeness (QED) is 0.535. The van der Waals surface area contributed by atoms with E-state index >= 15 is 0 Å². The molecular weight excluding hydrogens is 357 g/mol. The number of aryl methyl sites for hydroxylation is 2. The molecule has 2 N–H and O–H groups in total. The summed E-state index contributed by atoms with van der Waals surface area (Å²) in [5, 5.41) is 13.9. The second kappa shape index (κ2) is 7.68. The molecule has 130 valence electrons. The second-order valence-electron chi connectivity index (χ2n) is 5.32. The summed E-state index contributed by atoms with van der Waals surface area (Å²) in [6.45, 7) is 3.70. The fourth-order valence-corrected chi connectivity index (χ4v) is 2.66. The number of benzene rings is 2. The van der Waals surface area contributed by atoms with Crippen LogP contribution in [0.2, 0.25) is 10.0 Å². The molecule has 3 rings (SSSR count). The molecule has 0 saturated heterocycles. The molecule has 0 aliphatic rings. The van der Waals surface area contributed by atoms with Crippen molar-refractivity contribution >= 4 is 40.4 Å². The van der Waals surface area contributed by atoms with Crippen molar-refractivity contribution in [2.45, 2.75) is 21.3 Å². The van der Waals surface area contributed by atoms with Crippen molar-refractivity contribution in [2.75, 3.05) is 5.73 Å². The normalized spacial score (nSPS) is 10.9. The fourth-order valence-electron chi connectivity index (χ4n) is 2.24. The number of hydrogen-bond acceptors (Lipinski definition) is 4. The van der Waals surface area contributed by atoms with Gasteiger partial charge in [-0.3, -0.25) is 0 Å². The maximum absolute atomic E-state index is 6.18. The van der Waals surface area contributed by atoms with Crippen LogP contribution in [0.1, 0.15) is 18.7 Å². The number of rotatable bonds is 3. The van der Waals surface area contributed by atoms with Crippen LogP contribution in [0, 0.1) is 13.8 Å². The highest BCUT2D eigenvalue weighted by molar-refractivity contribution is 6.35. The van der Waals surface area contributed by atoms with Crippen molar-refractivity contribution in [1.29, 1.82) is 0 Å². The Bertz CT molecular complexity index is 917. The van der Waals surface area contributed by atoms with Crippen LogP contribution in [0.4, 0.5) is 17.2 Å². The first-order chi connectivity index (χ1) is 11.5. The Hall–Kier alpha value is -2.37. The zero-order chi connectivity index (χ0) is 17.3. The Morgan fingerprint density at radius 3 is 2.36 bits per heavy atom. The summed E-state index contributed by atoms with van der Waals surface area (Å²) >= 11 is 12.3. The lowest BCUT2D eigenvalue weighted by Crippen LogP contribution is -2.01. The molecule has 0 saturated carbocycles. The standard InChI is InChI=1S/C17H15Cl2N5.CH4/c1-10-8-14(19)15(9-13(10)18)21-22-16-11(2)23-24(17(16)20)12-6-4-3-5-7-12;/h3-9H,20H2,1-2H3;1H4. The van der Waals surface area contributed by atoms with Crippen LogP contribution in [-0.4, -0.2) is 9.78 Å². The third-order valence-electron chi connectivity index (χ3n) is 3.55. The van der Waals surface area contributed by atoms with E-state index in [0.29, 0.717) is 32.9 Å². The highest BCUT2D eigenvalue weighted by Gasteiger charge is 2.13. The maximum Gasteiger partial charge on any atom is 0.155 e. The van der Waals surface area contributed by atoms with Gasteiger partial charge in [0.15, 0.2) is 11.5 Å². The highest BCUT2D eigenvalue weighted by atomic mass is 35.5. The van der Waals surface area contributed by atoms with Gasteiger partial charge in [0.1, 0.15) is 5.69 Å². The first-order valence-corrected chi connectivity index (χ1v) is 8.01. The van der Waals surface area contributed by atoms with E-state index in [4.69, 9.17) is 28.9 Å². The van der Waals surface area contributed by atoms with E-state index in [0.717, 1.165) is 11.3 Å². The zero-order valence-electron chi connectivity index (χ0n) is 13.2. The van der Waals surface area contributed by atoms with Crippen molar-refractivity contribution in [2.24, 2.45) is 10.2 Å². The predicted molar refractivity (Wildman–Crippen MR) is 105 cm³/mol. The lowest BCUT2D eigenvalue weighted by atomic mass is 10.2. The van der Waals surface area contributed by atoms with Crippen LogP contribution in [0.3, 0.4) is 0 Å².